The Morgan fingerprint density at radius 2 is 0.731 bits per heavy atom. The molecule has 0 saturated carbocycles. The standard InChI is InChI=1S/C40H59N6O3.3BrH/c1-32-14-10-17-35(26-32)29-44(4,5)23-13-20-41-38(47)42(21-24-45(6,7)30-36-18-11-15-33(2)27-36)40(49)43(39(41)48)22-25-46(8,9)31-37-19-12-16-34(3)28-37;;;/h10-12,14-19,26-28H,13,20-25,29-31H2,1-9H3;3*1H/q+3;;;/p-3. The lowest BCUT2D eigenvalue weighted by Crippen LogP contribution is -3.00. The first-order valence-electron chi connectivity index (χ1n) is 17.5. The molecular weight excluding hydrogens is 852 g/mol. The third kappa shape index (κ3) is 14.0. The van der Waals surface area contributed by atoms with Crippen molar-refractivity contribution in [3.05, 3.63) is 138 Å². The van der Waals surface area contributed by atoms with Gasteiger partial charge < -0.3 is 64.4 Å². The minimum Gasteiger partial charge on any atom is -1.00 e. The van der Waals surface area contributed by atoms with Crippen LogP contribution in [0.25, 0.3) is 0 Å². The van der Waals surface area contributed by atoms with E-state index in [0.29, 0.717) is 28.5 Å². The van der Waals surface area contributed by atoms with Gasteiger partial charge in [0.15, 0.2) is 0 Å². The Labute approximate surface area is 342 Å². The SMILES string of the molecule is Cc1cccc(C[N+](C)(C)CCCn2c(=O)n(CC[N+](C)(C)Cc3cccc(C)c3)c(=O)n(CC[N+](C)(C)Cc3cccc(C)c3)c2=O)c1.[Br-].[Br-].[Br-]. The first-order chi connectivity index (χ1) is 22.9. The predicted octanol–water partition coefficient (Wildman–Crippen LogP) is -4.67. The molecule has 0 unspecified atom stereocenters. The summed E-state index contributed by atoms with van der Waals surface area (Å²) in [5.74, 6) is 0. The minimum atomic E-state index is -0.520. The fourth-order valence-electron chi connectivity index (χ4n) is 6.81. The van der Waals surface area contributed by atoms with E-state index in [0.717, 1.165) is 30.7 Å². The summed E-state index contributed by atoms with van der Waals surface area (Å²) < 4.78 is 5.81. The van der Waals surface area contributed by atoms with E-state index < -0.39 is 17.1 Å². The van der Waals surface area contributed by atoms with E-state index in [2.05, 4.69) is 136 Å². The number of quaternary nitrogens is 3. The number of hydrogen-bond donors (Lipinski definition) is 0. The van der Waals surface area contributed by atoms with E-state index in [1.165, 1.54) is 47.1 Å². The van der Waals surface area contributed by atoms with Crippen molar-refractivity contribution in [2.75, 3.05) is 61.9 Å². The topological polar surface area (TPSA) is 66.0 Å². The van der Waals surface area contributed by atoms with Gasteiger partial charge in [-0.15, -0.1) is 0 Å². The van der Waals surface area contributed by atoms with Gasteiger partial charge in [-0.25, -0.2) is 28.1 Å². The zero-order chi connectivity index (χ0) is 36.0. The smallest absolute Gasteiger partial charge is 0.336 e. The summed E-state index contributed by atoms with van der Waals surface area (Å²) >= 11 is 0. The van der Waals surface area contributed by atoms with Gasteiger partial charge in [0.05, 0.1) is 75.0 Å². The Morgan fingerprint density at radius 1 is 0.442 bits per heavy atom. The Bertz CT molecular complexity index is 1830. The number of nitrogens with zero attached hydrogens (tertiary/aromatic N) is 6. The quantitative estimate of drug-likeness (QED) is 0.107. The normalized spacial score (nSPS) is 11.7. The average molecular weight is 912 g/mol. The van der Waals surface area contributed by atoms with Gasteiger partial charge in [-0.3, -0.25) is 0 Å². The van der Waals surface area contributed by atoms with Crippen LogP contribution in [0.3, 0.4) is 0 Å². The lowest BCUT2D eigenvalue weighted by atomic mass is 10.1. The predicted molar refractivity (Wildman–Crippen MR) is 199 cm³/mol. The molecule has 12 heteroatoms. The highest BCUT2D eigenvalue weighted by Gasteiger charge is 2.24. The van der Waals surface area contributed by atoms with Crippen LogP contribution in [0.2, 0.25) is 0 Å². The van der Waals surface area contributed by atoms with Gasteiger partial charge in [-0.2, -0.15) is 0 Å². The Morgan fingerprint density at radius 3 is 1.04 bits per heavy atom. The van der Waals surface area contributed by atoms with E-state index in [4.69, 9.17) is 0 Å². The lowest BCUT2D eigenvalue weighted by Gasteiger charge is -2.31. The fourth-order valence-corrected chi connectivity index (χ4v) is 6.81. The first kappa shape index (κ1) is 47.4. The van der Waals surface area contributed by atoms with Crippen LogP contribution >= 0.6 is 0 Å². The van der Waals surface area contributed by atoms with Crippen LogP contribution in [-0.4, -0.2) is 89.1 Å². The van der Waals surface area contributed by atoms with Crippen molar-refractivity contribution in [1.82, 2.24) is 13.7 Å². The molecule has 0 bridgehead atoms. The van der Waals surface area contributed by atoms with Crippen LogP contribution in [0, 0.1) is 20.8 Å². The molecule has 0 aliphatic heterocycles. The highest BCUT2D eigenvalue weighted by Crippen LogP contribution is 2.14. The second-order valence-corrected chi connectivity index (χ2v) is 16.1. The fraction of sp³-hybridized carbons (Fsp3) is 0.475. The van der Waals surface area contributed by atoms with Gasteiger partial charge in [0.1, 0.15) is 19.6 Å². The highest BCUT2D eigenvalue weighted by molar-refractivity contribution is 5.23. The van der Waals surface area contributed by atoms with Crippen LogP contribution in [0.15, 0.2) is 87.2 Å². The van der Waals surface area contributed by atoms with Gasteiger partial charge in [-0.1, -0.05) is 89.5 Å². The molecule has 0 saturated heterocycles. The summed E-state index contributed by atoms with van der Waals surface area (Å²) in [5, 5.41) is 0. The molecule has 3 aromatic carbocycles. The van der Waals surface area contributed by atoms with Crippen LogP contribution in [0.1, 0.15) is 39.8 Å². The molecule has 0 aliphatic rings. The van der Waals surface area contributed by atoms with Gasteiger partial charge in [0.2, 0.25) is 0 Å². The molecule has 288 valence electrons. The van der Waals surface area contributed by atoms with E-state index in [9.17, 15) is 14.4 Å². The number of aromatic nitrogens is 3. The van der Waals surface area contributed by atoms with E-state index in [1.54, 1.807) is 0 Å². The van der Waals surface area contributed by atoms with Gasteiger partial charge >= 0.3 is 17.1 Å². The summed E-state index contributed by atoms with van der Waals surface area (Å²) in [7, 11) is 12.8. The molecule has 9 nitrogen and oxygen atoms in total. The zero-order valence-electron chi connectivity index (χ0n) is 32.5. The third-order valence-corrected chi connectivity index (χ3v) is 9.47. The molecule has 52 heavy (non-hydrogen) atoms. The molecule has 0 aliphatic carbocycles. The van der Waals surface area contributed by atoms with Crippen molar-refractivity contribution in [3.8, 4) is 0 Å². The molecule has 4 aromatic rings. The maximum atomic E-state index is 14.0. The summed E-state index contributed by atoms with van der Waals surface area (Å²) in [5.41, 5.74) is 5.76. The number of rotatable bonds is 16. The van der Waals surface area contributed by atoms with Crippen molar-refractivity contribution in [1.29, 1.82) is 0 Å². The maximum Gasteiger partial charge on any atom is 0.336 e. The largest absolute Gasteiger partial charge is 1.00 e. The summed E-state index contributed by atoms with van der Waals surface area (Å²) in [6.45, 7) is 11.3. The lowest BCUT2D eigenvalue weighted by molar-refractivity contribution is -0.904. The van der Waals surface area contributed by atoms with Gasteiger partial charge in [0.25, 0.3) is 0 Å². The second kappa shape index (κ2) is 20.2. The third-order valence-electron chi connectivity index (χ3n) is 9.47. The van der Waals surface area contributed by atoms with Crippen molar-refractivity contribution in [2.45, 2.75) is 66.5 Å². The van der Waals surface area contributed by atoms with E-state index in [1.807, 2.05) is 0 Å². The van der Waals surface area contributed by atoms with Crippen LogP contribution < -0.4 is 68.0 Å². The van der Waals surface area contributed by atoms with Gasteiger partial charge in [0, 0.05) is 29.7 Å². The first-order valence-corrected chi connectivity index (χ1v) is 17.5. The van der Waals surface area contributed by atoms with Crippen molar-refractivity contribution in [3.63, 3.8) is 0 Å². The van der Waals surface area contributed by atoms with Crippen LogP contribution in [0.5, 0.6) is 0 Å². The minimum absolute atomic E-state index is 0. The molecular formula is C40H59Br3N6O3. The zero-order valence-corrected chi connectivity index (χ0v) is 37.3. The number of benzene rings is 3. The van der Waals surface area contributed by atoms with Crippen molar-refractivity contribution < 1.29 is 64.4 Å². The number of likely N-dealkylation sites (N-methyl/N-ethyl adjacent to an activating group) is 2. The number of hydrogen-bond acceptors (Lipinski definition) is 3. The molecule has 1 aromatic heterocycles. The molecule has 0 N–H and O–H groups in total. The monoisotopic (exact) mass is 908 g/mol. The second-order valence-electron chi connectivity index (χ2n) is 16.1. The van der Waals surface area contributed by atoms with Crippen molar-refractivity contribution in [2.24, 2.45) is 0 Å². The summed E-state index contributed by atoms with van der Waals surface area (Å²) in [6.07, 6.45) is 0.635. The molecule has 0 radical (unpaired) electrons. The molecule has 4 rings (SSSR count). The number of halogens is 3. The Hall–Kier alpha value is -2.61. The average Bonchev–Trinajstić information content (AvgIpc) is 2.98. The van der Waals surface area contributed by atoms with E-state index in [-0.39, 0.29) is 70.6 Å². The van der Waals surface area contributed by atoms with E-state index >= 15 is 0 Å². The molecule has 1 heterocycles. The highest BCUT2D eigenvalue weighted by atomic mass is 79.9. The molecule has 0 amide bonds. The van der Waals surface area contributed by atoms with Crippen LogP contribution in [-0.2, 0) is 39.3 Å². The summed E-state index contributed by atoms with van der Waals surface area (Å²) in [4.78, 5) is 41.8. The maximum absolute atomic E-state index is 14.0. The summed E-state index contributed by atoms with van der Waals surface area (Å²) in [6, 6.07) is 25.4. The van der Waals surface area contributed by atoms with Gasteiger partial charge in [-0.05, 0) is 20.8 Å². The van der Waals surface area contributed by atoms with Crippen LogP contribution in [0.4, 0.5) is 0 Å². The molecule has 0 atom stereocenters. The Balaban J connectivity index is 0.00000451. The molecule has 0 spiro atoms. The Kier molecular flexibility index (Phi) is 18.4. The number of aryl methyl sites for hydroxylation is 3. The molecule has 0 fully saturated rings. The van der Waals surface area contributed by atoms with Crippen molar-refractivity contribution >= 4 is 0 Å².